The first-order valence-electron chi connectivity index (χ1n) is 8.66. The van der Waals surface area contributed by atoms with E-state index in [0.717, 1.165) is 30.1 Å². The zero-order valence-electron chi connectivity index (χ0n) is 14.3. The molecule has 116 valence electrons. The van der Waals surface area contributed by atoms with Crippen LogP contribution in [0.1, 0.15) is 58.6 Å². The number of hydrogen-bond donors (Lipinski definition) is 0. The molecule has 0 spiro atoms. The van der Waals surface area contributed by atoms with Crippen LogP contribution in [0.2, 0.25) is 0 Å². The molecule has 2 aliphatic rings. The third-order valence-electron chi connectivity index (χ3n) is 6.07. The molecule has 1 aromatic carbocycles. The normalized spacial score (nSPS) is 34.7. The lowest BCUT2D eigenvalue weighted by molar-refractivity contribution is 0.0955. The van der Waals surface area contributed by atoms with E-state index in [1.807, 2.05) is 0 Å². The number of ether oxygens (including phenoxy) is 1. The Bertz CT molecular complexity index is 519. The second-order valence-electron chi connectivity index (χ2n) is 8.22. The summed E-state index contributed by atoms with van der Waals surface area (Å²) in [6, 6.07) is 6.86. The van der Waals surface area contributed by atoms with Gasteiger partial charge in [0, 0.05) is 0 Å². The number of benzene rings is 1. The molecule has 2 bridgehead atoms. The van der Waals surface area contributed by atoms with Crippen LogP contribution in [0.5, 0.6) is 5.75 Å². The molecule has 0 radical (unpaired) electrons. The summed E-state index contributed by atoms with van der Waals surface area (Å²) in [5.41, 5.74) is 3.49. The summed E-state index contributed by atoms with van der Waals surface area (Å²) in [7, 11) is 0. The molecule has 0 aliphatic heterocycles. The Morgan fingerprint density at radius 2 is 2.05 bits per heavy atom. The van der Waals surface area contributed by atoms with Crippen molar-refractivity contribution in [3.05, 3.63) is 29.3 Å². The van der Waals surface area contributed by atoms with Gasteiger partial charge in [0.05, 0.1) is 6.61 Å². The van der Waals surface area contributed by atoms with Crippen molar-refractivity contribution in [3.8, 4) is 5.75 Å². The van der Waals surface area contributed by atoms with Crippen LogP contribution < -0.4 is 4.74 Å². The van der Waals surface area contributed by atoms with Crippen molar-refractivity contribution in [1.29, 1.82) is 0 Å². The SMILES string of the molecule is CC(C)COc1ccc2c(c1)[C@]1(C)CC(C2)[C@@H](C)C[C@H]1C. The minimum absolute atomic E-state index is 0.349. The molecule has 2 aliphatic carbocycles. The third-order valence-corrected chi connectivity index (χ3v) is 6.07. The minimum atomic E-state index is 0.349. The number of fused-ring (bicyclic) bond motifs is 4. The van der Waals surface area contributed by atoms with Crippen LogP contribution in [0.15, 0.2) is 18.2 Å². The van der Waals surface area contributed by atoms with Crippen LogP contribution >= 0.6 is 0 Å². The highest BCUT2D eigenvalue weighted by Gasteiger charge is 2.46. The molecule has 1 fully saturated rings. The zero-order valence-corrected chi connectivity index (χ0v) is 14.3. The van der Waals surface area contributed by atoms with Gasteiger partial charge in [-0.15, -0.1) is 0 Å². The Morgan fingerprint density at radius 3 is 2.76 bits per heavy atom. The summed E-state index contributed by atoms with van der Waals surface area (Å²) >= 11 is 0. The standard InChI is InChI=1S/C20H30O/c1-13(2)12-21-18-7-6-16-9-17-11-20(5,19(16)10-18)15(4)8-14(17)3/h6-7,10,13-15,17H,8-9,11-12H2,1-5H3/t14-,15+,17?,20+/m0/s1. The van der Waals surface area contributed by atoms with Crippen LogP contribution in [0.3, 0.4) is 0 Å². The van der Waals surface area contributed by atoms with Crippen LogP contribution in [0, 0.1) is 23.7 Å². The molecular formula is C20H30O. The fourth-order valence-electron chi connectivity index (χ4n) is 4.51. The van der Waals surface area contributed by atoms with E-state index in [2.05, 4.69) is 52.8 Å². The molecule has 1 saturated carbocycles. The predicted molar refractivity (Wildman–Crippen MR) is 88.9 cm³/mol. The van der Waals surface area contributed by atoms with Crippen molar-refractivity contribution in [3.63, 3.8) is 0 Å². The quantitative estimate of drug-likeness (QED) is 0.740. The topological polar surface area (TPSA) is 9.23 Å². The van der Waals surface area contributed by atoms with Gasteiger partial charge in [-0.05, 0) is 71.6 Å². The van der Waals surface area contributed by atoms with E-state index in [0.29, 0.717) is 11.3 Å². The van der Waals surface area contributed by atoms with Gasteiger partial charge in [-0.2, -0.15) is 0 Å². The van der Waals surface area contributed by atoms with Crippen molar-refractivity contribution in [2.24, 2.45) is 23.7 Å². The maximum absolute atomic E-state index is 5.97. The van der Waals surface area contributed by atoms with E-state index in [-0.39, 0.29) is 0 Å². The highest BCUT2D eigenvalue weighted by Crippen LogP contribution is 2.53. The average Bonchev–Trinajstić information content (AvgIpc) is 2.43. The summed E-state index contributed by atoms with van der Waals surface area (Å²) in [4.78, 5) is 0. The van der Waals surface area contributed by atoms with E-state index in [1.54, 1.807) is 11.1 Å². The van der Waals surface area contributed by atoms with Crippen molar-refractivity contribution in [2.45, 2.75) is 59.3 Å². The summed E-state index contributed by atoms with van der Waals surface area (Å²) in [6.07, 6.45) is 4.00. The molecule has 0 N–H and O–H groups in total. The molecule has 1 unspecified atom stereocenters. The first-order chi connectivity index (χ1) is 9.90. The van der Waals surface area contributed by atoms with Crippen LogP contribution in [-0.4, -0.2) is 6.61 Å². The first kappa shape index (κ1) is 14.9. The third kappa shape index (κ3) is 2.60. The molecule has 21 heavy (non-hydrogen) atoms. The van der Waals surface area contributed by atoms with Gasteiger partial charge in [-0.25, -0.2) is 0 Å². The second-order valence-corrected chi connectivity index (χ2v) is 8.22. The summed E-state index contributed by atoms with van der Waals surface area (Å²) in [5.74, 6) is 4.16. The largest absolute Gasteiger partial charge is 0.493 e. The van der Waals surface area contributed by atoms with E-state index >= 15 is 0 Å². The highest BCUT2D eigenvalue weighted by atomic mass is 16.5. The molecule has 0 amide bonds. The van der Waals surface area contributed by atoms with Crippen LogP contribution in [0.25, 0.3) is 0 Å². The lowest BCUT2D eigenvalue weighted by Gasteiger charge is -2.51. The number of hydrogen-bond acceptors (Lipinski definition) is 1. The van der Waals surface area contributed by atoms with E-state index < -0.39 is 0 Å². The van der Waals surface area contributed by atoms with Gasteiger partial charge < -0.3 is 4.74 Å². The number of rotatable bonds is 3. The molecule has 1 heteroatoms. The van der Waals surface area contributed by atoms with E-state index in [1.165, 1.54) is 19.3 Å². The van der Waals surface area contributed by atoms with Gasteiger partial charge in [0.2, 0.25) is 0 Å². The van der Waals surface area contributed by atoms with Crippen molar-refractivity contribution in [2.75, 3.05) is 6.61 Å². The molecule has 4 atom stereocenters. The molecule has 1 aromatic rings. The fraction of sp³-hybridized carbons (Fsp3) is 0.700. The molecule has 0 aromatic heterocycles. The van der Waals surface area contributed by atoms with Crippen molar-refractivity contribution < 1.29 is 4.74 Å². The molecule has 1 nitrogen and oxygen atoms in total. The lowest BCUT2D eigenvalue weighted by atomic mass is 9.53. The van der Waals surface area contributed by atoms with Gasteiger partial charge >= 0.3 is 0 Å². The van der Waals surface area contributed by atoms with Gasteiger partial charge in [0.1, 0.15) is 5.75 Å². The maximum atomic E-state index is 5.97. The Kier molecular flexibility index (Phi) is 3.80. The Balaban J connectivity index is 1.94. The monoisotopic (exact) mass is 286 g/mol. The fourth-order valence-corrected chi connectivity index (χ4v) is 4.51. The molecular weight excluding hydrogens is 256 g/mol. The van der Waals surface area contributed by atoms with Gasteiger partial charge in [0.25, 0.3) is 0 Å². The predicted octanol–water partition coefficient (Wildman–Crippen LogP) is 5.22. The Hall–Kier alpha value is -0.980. The maximum Gasteiger partial charge on any atom is 0.119 e. The van der Waals surface area contributed by atoms with Gasteiger partial charge in [-0.1, -0.05) is 40.7 Å². The van der Waals surface area contributed by atoms with E-state index in [4.69, 9.17) is 4.74 Å². The van der Waals surface area contributed by atoms with Gasteiger partial charge in [-0.3, -0.25) is 0 Å². The Labute approximate surface area is 130 Å². The first-order valence-corrected chi connectivity index (χ1v) is 8.66. The summed E-state index contributed by atoms with van der Waals surface area (Å²) in [5, 5.41) is 0. The molecule has 3 rings (SSSR count). The summed E-state index contributed by atoms with van der Waals surface area (Å²) < 4.78 is 5.97. The minimum Gasteiger partial charge on any atom is -0.493 e. The Morgan fingerprint density at radius 1 is 1.29 bits per heavy atom. The van der Waals surface area contributed by atoms with Crippen molar-refractivity contribution >= 4 is 0 Å². The van der Waals surface area contributed by atoms with E-state index in [9.17, 15) is 0 Å². The van der Waals surface area contributed by atoms with Crippen LogP contribution in [-0.2, 0) is 11.8 Å². The smallest absolute Gasteiger partial charge is 0.119 e. The molecule has 0 saturated heterocycles. The van der Waals surface area contributed by atoms with Crippen molar-refractivity contribution in [1.82, 2.24) is 0 Å². The van der Waals surface area contributed by atoms with Gasteiger partial charge in [0.15, 0.2) is 0 Å². The zero-order chi connectivity index (χ0) is 15.2. The lowest BCUT2D eigenvalue weighted by Crippen LogP contribution is -2.45. The average molecular weight is 286 g/mol. The highest BCUT2D eigenvalue weighted by molar-refractivity contribution is 5.43. The summed E-state index contributed by atoms with van der Waals surface area (Å²) in [6.45, 7) is 12.6. The molecule has 0 heterocycles. The second kappa shape index (κ2) is 5.34. The van der Waals surface area contributed by atoms with Crippen LogP contribution in [0.4, 0.5) is 0 Å².